The molecule has 1 nitrogen and oxygen atoms in total. The molecule has 4 aromatic rings. The minimum absolute atomic E-state index is 1.06. The molecule has 1 aromatic heterocycles. The molecule has 21 heavy (non-hydrogen) atoms. The largest absolute Gasteiger partial charge is 0.309 e. The topological polar surface area (TPSA) is 4.93 Å². The van der Waals surface area contributed by atoms with Crippen molar-refractivity contribution >= 4 is 21.8 Å². The summed E-state index contributed by atoms with van der Waals surface area (Å²) < 4.78 is 2.36. The van der Waals surface area contributed by atoms with Crippen molar-refractivity contribution in [1.29, 1.82) is 0 Å². The molecule has 0 radical (unpaired) electrons. The zero-order valence-electron chi connectivity index (χ0n) is 12.1. The maximum Gasteiger partial charge on any atom is 0.0543 e. The second kappa shape index (κ2) is 4.78. The van der Waals surface area contributed by atoms with Gasteiger partial charge in [-0.1, -0.05) is 55.5 Å². The van der Waals surface area contributed by atoms with Crippen molar-refractivity contribution in [3.63, 3.8) is 0 Å². The van der Waals surface area contributed by atoms with Crippen molar-refractivity contribution < 1.29 is 0 Å². The summed E-state index contributed by atoms with van der Waals surface area (Å²) in [6.45, 7) is 2.23. The lowest BCUT2D eigenvalue weighted by molar-refractivity contribution is 1.15. The Morgan fingerprint density at radius 1 is 0.714 bits per heavy atom. The summed E-state index contributed by atoms with van der Waals surface area (Å²) >= 11 is 0. The first kappa shape index (κ1) is 12.2. The van der Waals surface area contributed by atoms with E-state index in [1.54, 1.807) is 0 Å². The minimum Gasteiger partial charge on any atom is -0.309 e. The maximum absolute atomic E-state index is 2.36. The molecular formula is C20H17N. The molecule has 0 amide bonds. The lowest BCUT2D eigenvalue weighted by atomic mass is 10.0. The highest BCUT2D eigenvalue weighted by molar-refractivity contribution is 6.10. The summed E-state index contributed by atoms with van der Waals surface area (Å²) in [6.07, 6.45) is 1.06. The van der Waals surface area contributed by atoms with E-state index in [0.29, 0.717) is 0 Å². The monoisotopic (exact) mass is 271 g/mol. The number of para-hydroxylation sites is 2. The van der Waals surface area contributed by atoms with Crippen LogP contribution in [0.2, 0.25) is 0 Å². The van der Waals surface area contributed by atoms with Gasteiger partial charge in [0.05, 0.1) is 11.0 Å². The molecule has 1 heteroatoms. The number of benzene rings is 3. The second-order valence-corrected chi connectivity index (χ2v) is 5.35. The van der Waals surface area contributed by atoms with E-state index in [2.05, 4.69) is 84.3 Å². The van der Waals surface area contributed by atoms with Crippen molar-refractivity contribution in [2.75, 3.05) is 0 Å². The summed E-state index contributed by atoms with van der Waals surface area (Å²) in [4.78, 5) is 0. The number of nitrogens with zero attached hydrogens (tertiary/aromatic N) is 1. The van der Waals surface area contributed by atoms with Gasteiger partial charge in [0, 0.05) is 16.5 Å². The fourth-order valence-corrected chi connectivity index (χ4v) is 3.24. The third-order valence-electron chi connectivity index (χ3n) is 4.18. The van der Waals surface area contributed by atoms with Crippen molar-refractivity contribution in [2.24, 2.45) is 0 Å². The summed E-state index contributed by atoms with van der Waals surface area (Å²) in [5.41, 5.74) is 5.21. The molecule has 0 bridgehead atoms. The molecule has 0 saturated carbocycles. The lowest BCUT2D eigenvalue weighted by Gasteiger charge is -2.07. The Bertz CT molecular complexity index is 917. The smallest absolute Gasteiger partial charge is 0.0543 e. The van der Waals surface area contributed by atoms with Gasteiger partial charge in [0.25, 0.3) is 0 Å². The van der Waals surface area contributed by atoms with Gasteiger partial charge in [0.1, 0.15) is 0 Å². The van der Waals surface area contributed by atoms with Crippen LogP contribution in [0, 0.1) is 0 Å². The Hall–Kier alpha value is -2.54. The van der Waals surface area contributed by atoms with Crippen LogP contribution in [0.25, 0.3) is 27.5 Å². The van der Waals surface area contributed by atoms with Crippen LogP contribution in [0.4, 0.5) is 0 Å². The number of hydrogen-bond acceptors (Lipinski definition) is 0. The van der Waals surface area contributed by atoms with Gasteiger partial charge in [-0.15, -0.1) is 0 Å². The van der Waals surface area contributed by atoms with Gasteiger partial charge in [-0.2, -0.15) is 0 Å². The highest BCUT2D eigenvalue weighted by atomic mass is 15.0. The number of fused-ring (bicyclic) bond motifs is 3. The minimum atomic E-state index is 1.06. The summed E-state index contributed by atoms with van der Waals surface area (Å²) in [7, 11) is 0. The number of aromatic nitrogens is 1. The molecule has 0 saturated heterocycles. The molecule has 0 aliphatic heterocycles. The van der Waals surface area contributed by atoms with Gasteiger partial charge in [0.15, 0.2) is 0 Å². The Morgan fingerprint density at radius 3 is 2.24 bits per heavy atom. The molecule has 3 aromatic carbocycles. The van der Waals surface area contributed by atoms with Crippen molar-refractivity contribution in [3.05, 3.63) is 78.4 Å². The second-order valence-electron chi connectivity index (χ2n) is 5.35. The van der Waals surface area contributed by atoms with Gasteiger partial charge in [-0.25, -0.2) is 0 Å². The molecule has 0 N–H and O–H groups in total. The van der Waals surface area contributed by atoms with Crippen molar-refractivity contribution in [2.45, 2.75) is 13.3 Å². The first-order valence-corrected chi connectivity index (χ1v) is 7.46. The molecule has 1 heterocycles. The highest BCUT2D eigenvalue weighted by Crippen LogP contribution is 2.34. The van der Waals surface area contributed by atoms with Gasteiger partial charge < -0.3 is 4.57 Å². The van der Waals surface area contributed by atoms with Crippen LogP contribution in [-0.4, -0.2) is 4.57 Å². The molecule has 0 spiro atoms. The molecular weight excluding hydrogens is 254 g/mol. The van der Waals surface area contributed by atoms with Gasteiger partial charge in [-0.05, 0) is 36.2 Å². The Labute approximate surface area is 124 Å². The van der Waals surface area contributed by atoms with E-state index in [4.69, 9.17) is 0 Å². The van der Waals surface area contributed by atoms with Crippen molar-refractivity contribution in [1.82, 2.24) is 4.57 Å². The van der Waals surface area contributed by atoms with Crippen LogP contribution >= 0.6 is 0 Å². The molecule has 4 rings (SSSR count). The van der Waals surface area contributed by atoms with Crippen LogP contribution in [0.15, 0.2) is 72.8 Å². The van der Waals surface area contributed by atoms with Crippen LogP contribution in [0.1, 0.15) is 12.5 Å². The SMILES string of the molecule is CCc1cccc2c1c1ccccc1n2-c1ccccc1. The van der Waals surface area contributed by atoms with Crippen LogP contribution in [-0.2, 0) is 6.42 Å². The molecule has 0 fully saturated rings. The predicted octanol–water partition coefficient (Wildman–Crippen LogP) is 5.35. The third kappa shape index (κ3) is 1.78. The maximum atomic E-state index is 2.36. The summed E-state index contributed by atoms with van der Waals surface area (Å²) in [5, 5.41) is 2.73. The normalized spacial score (nSPS) is 11.3. The summed E-state index contributed by atoms with van der Waals surface area (Å²) in [6, 6.07) is 25.9. The van der Waals surface area contributed by atoms with E-state index in [0.717, 1.165) is 6.42 Å². The fraction of sp³-hybridized carbons (Fsp3) is 0.100. The number of aryl methyl sites for hydroxylation is 1. The number of hydrogen-bond donors (Lipinski definition) is 0. The first-order chi connectivity index (χ1) is 10.4. The quantitative estimate of drug-likeness (QED) is 0.463. The molecule has 0 atom stereocenters. The van der Waals surface area contributed by atoms with Crippen LogP contribution in [0.3, 0.4) is 0 Å². The average Bonchev–Trinajstić information content (AvgIpc) is 2.90. The van der Waals surface area contributed by atoms with E-state index >= 15 is 0 Å². The van der Waals surface area contributed by atoms with E-state index in [-0.39, 0.29) is 0 Å². The van der Waals surface area contributed by atoms with Crippen LogP contribution in [0.5, 0.6) is 0 Å². The van der Waals surface area contributed by atoms with E-state index in [1.807, 2.05) is 0 Å². The zero-order valence-corrected chi connectivity index (χ0v) is 12.1. The molecule has 0 aliphatic carbocycles. The first-order valence-electron chi connectivity index (χ1n) is 7.46. The van der Waals surface area contributed by atoms with Crippen LogP contribution < -0.4 is 0 Å². The Kier molecular flexibility index (Phi) is 2.78. The van der Waals surface area contributed by atoms with Gasteiger partial charge in [0.2, 0.25) is 0 Å². The molecule has 102 valence electrons. The standard InChI is InChI=1S/C20H17N/c1-2-15-9-8-14-19-20(15)17-12-6-7-13-18(17)21(19)16-10-4-3-5-11-16/h3-14H,2H2,1H3. The number of rotatable bonds is 2. The fourth-order valence-electron chi connectivity index (χ4n) is 3.24. The predicted molar refractivity (Wildman–Crippen MR) is 90.2 cm³/mol. The third-order valence-corrected chi connectivity index (χ3v) is 4.18. The Morgan fingerprint density at radius 2 is 1.43 bits per heavy atom. The highest BCUT2D eigenvalue weighted by Gasteiger charge is 2.13. The lowest BCUT2D eigenvalue weighted by Crippen LogP contribution is -1.93. The van der Waals surface area contributed by atoms with Crippen molar-refractivity contribution in [3.8, 4) is 5.69 Å². The summed E-state index contributed by atoms with van der Waals surface area (Å²) in [5.74, 6) is 0. The van der Waals surface area contributed by atoms with E-state index in [9.17, 15) is 0 Å². The Balaban J connectivity index is 2.23. The van der Waals surface area contributed by atoms with Gasteiger partial charge in [-0.3, -0.25) is 0 Å². The van der Waals surface area contributed by atoms with Gasteiger partial charge >= 0.3 is 0 Å². The van der Waals surface area contributed by atoms with E-state index in [1.165, 1.54) is 33.1 Å². The molecule has 0 aliphatic rings. The molecule has 0 unspecified atom stereocenters. The zero-order chi connectivity index (χ0) is 14.2. The average molecular weight is 271 g/mol. The van der Waals surface area contributed by atoms with E-state index < -0.39 is 0 Å².